The van der Waals surface area contributed by atoms with E-state index in [1.54, 1.807) is 18.9 Å². The van der Waals surface area contributed by atoms with Crippen LogP contribution in [0.2, 0.25) is 0 Å². The molecule has 2 aliphatic rings. The Balaban J connectivity index is 1.54. The van der Waals surface area contributed by atoms with E-state index in [0.29, 0.717) is 32.8 Å². The van der Waals surface area contributed by atoms with Gasteiger partial charge in [-0.15, -0.1) is 0 Å². The molecule has 4 rings (SSSR count). The molecule has 2 aromatic rings. The second-order valence-corrected chi connectivity index (χ2v) is 6.05. The number of amides is 1. The second kappa shape index (κ2) is 6.17. The minimum atomic E-state index is -0.216. The van der Waals surface area contributed by atoms with Gasteiger partial charge in [0.15, 0.2) is 0 Å². The van der Waals surface area contributed by atoms with Crippen molar-refractivity contribution in [2.24, 2.45) is 0 Å². The van der Waals surface area contributed by atoms with Gasteiger partial charge < -0.3 is 18.6 Å². The van der Waals surface area contributed by atoms with E-state index >= 15 is 0 Å². The van der Waals surface area contributed by atoms with Crippen molar-refractivity contribution in [1.82, 2.24) is 19.4 Å². The molecular formula is C16H20N4O3. The number of morpholine rings is 1. The second-order valence-electron chi connectivity index (χ2n) is 6.05. The molecule has 2 aromatic heterocycles. The summed E-state index contributed by atoms with van der Waals surface area (Å²) in [6.07, 6.45) is 7.05. The Morgan fingerprint density at radius 1 is 1.35 bits per heavy atom. The summed E-state index contributed by atoms with van der Waals surface area (Å²) >= 11 is 0. The van der Waals surface area contributed by atoms with Gasteiger partial charge in [0, 0.05) is 44.5 Å². The maximum absolute atomic E-state index is 12.9. The Hall–Kier alpha value is -2.12. The maximum Gasteiger partial charge on any atom is 0.247 e. The molecule has 0 aromatic carbocycles. The number of imidazole rings is 1. The van der Waals surface area contributed by atoms with Crippen LogP contribution in [0.1, 0.15) is 17.3 Å². The molecular weight excluding hydrogens is 296 g/mol. The molecule has 0 bridgehead atoms. The summed E-state index contributed by atoms with van der Waals surface area (Å²) in [5.41, 5.74) is 2.20. The van der Waals surface area contributed by atoms with Crippen LogP contribution in [0.25, 0.3) is 0 Å². The normalized spacial score (nSPS) is 22.1. The van der Waals surface area contributed by atoms with E-state index in [4.69, 9.17) is 9.15 Å². The Bertz CT molecular complexity index is 661. The van der Waals surface area contributed by atoms with Crippen LogP contribution in [0.3, 0.4) is 0 Å². The lowest BCUT2D eigenvalue weighted by Crippen LogP contribution is -2.49. The Morgan fingerprint density at radius 2 is 2.22 bits per heavy atom. The van der Waals surface area contributed by atoms with Crippen LogP contribution in [0, 0.1) is 0 Å². The van der Waals surface area contributed by atoms with Gasteiger partial charge in [-0.25, -0.2) is 4.98 Å². The van der Waals surface area contributed by atoms with Crippen LogP contribution in [0.4, 0.5) is 0 Å². The Morgan fingerprint density at radius 3 is 3.00 bits per heavy atom. The summed E-state index contributed by atoms with van der Waals surface area (Å²) in [7, 11) is 0. The minimum absolute atomic E-state index is 0.157. The van der Waals surface area contributed by atoms with Crippen molar-refractivity contribution < 1.29 is 13.9 Å². The SMILES string of the molecule is O=C(C1CN(Cc2ccoc2)Cc2cncn21)N1CCOCC1. The van der Waals surface area contributed by atoms with Crippen LogP contribution in [-0.4, -0.2) is 58.1 Å². The molecule has 0 radical (unpaired) electrons. The number of aromatic nitrogens is 2. The van der Waals surface area contributed by atoms with Crippen molar-refractivity contribution >= 4 is 5.91 Å². The van der Waals surface area contributed by atoms with Crippen molar-refractivity contribution in [1.29, 1.82) is 0 Å². The molecule has 0 saturated carbocycles. The van der Waals surface area contributed by atoms with E-state index in [1.807, 2.05) is 21.7 Å². The molecule has 0 N–H and O–H groups in total. The molecule has 1 atom stereocenters. The highest BCUT2D eigenvalue weighted by atomic mass is 16.5. The van der Waals surface area contributed by atoms with Crippen molar-refractivity contribution in [2.45, 2.75) is 19.1 Å². The highest BCUT2D eigenvalue weighted by molar-refractivity contribution is 5.81. The number of fused-ring (bicyclic) bond motifs is 1. The fourth-order valence-corrected chi connectivity index (χ4v) is 3.31. The number of furan rings is 1. The van der Waals surface area contributed by atoms with E-state index in [-0.39, 0.29) is 11.9 Å². The van der Waals surface area contributed by atoms with Gasteiger partial charge in [-0.2, -0.15) is 0 Å². The third-order valence-corrected chi connectivity index (χ3v) is 4.49. The number of hydrogen-bond acceptors (Lipinski definition) is 5. The first-order chi connectivity index (χ1) is 11.3. The molecule has 0 spiro atoms. The number of carbonyl (C=O) groups excluding carboxylic acids is 1. The van der Waals surface area contributed by atoms with Crippen molar-refractivity contribution in [2.75, 3.05) is 32.8 Å². The molecule has 7 heteroatoms. The largest absolute Gasteiger partial charge is 0.472 e. The van der Waals surface area contributed by atoms with E-state index in [2.05, 4.69) is 9.88 Å². The lowest BCUT2D eigenvalue weighted by atomic mass is 10.1. The monoisotopic (exact) mass is 316 g/mol. The summed E-state index contributed by atoms with van der Waals surface area (Å²) in [5, 5.41) is 0. The fraction of sp³-hybridized carbons (Fsp3) is 0.500. The predicted octanol–water partition coefficient (Wildman–Crippen LogP) is 0.892. The predicted molar refractivity (Wildman–Crippen MR) is 81.5 cm³/mol. The third-order valence-electron chi connectivity index (χ3n) is 4.49. The molecule has 1 fully saturated rings. The van der Waals surface area contributed by atoms with Gasteiger partial charge in [-0.3, -0.25) is 9.69 Å². The van der Waals surface area contributed by atoms with Crippen LogP contribution < -0.4 is 0 Å². The topological polar surface area (TPSA) is 63.7 Å². The average Bonchev–Trinajstić information content (AvgIpc) is 3.26. The van der Waals surface area contributed by atoms with Gasteiger partial charge in [0.25, 0.3) is 0 Å². The lowest BCUT2D eigenvalue weighted by molar-refractivity contribution is -0.140. The van der Waals surface area contributed by atoms with Crippen LogP contribution >= 0.6 is 0 Å². The van der Waals surface area contributed by atoms with E-state index in [1.165, 1.54) is 0 Å². The maximum atomic E-state index is 12.9. The fourth-order valence-electron chi connectivity index (χ4n) is 3.31. The standard InChI is InChI=1S/C16H20N4O3/c21-16(19-2-5-22-6-3-19)15-10-18(8-13-1-4-23-11-13)9-14-7-17-12-20(14)15/h1,4,7,11-12,15H,2-3,5-6,8-10H2. The van der Waals surface area contributed by atoms with Gasteiger partial charge in [-0.1, -0.05) is 0 Å². The summed E-state index contributed by atoms with van der Waals surface area (Å²) in [5.74, 6) is 0.157. The quantitative estimate of drug-likeness (QED) is 0.841. The molecule has 1 unspecified atom stereocenters. The van der Waals surface area contributed by atoms with Gasteiger partial charge in [0.1, 0.15) is 6.04 Å². The zero-order chi connectivity index (χ0) is 15.6. The van der Waals surface area contributed by atoms with Gasteiger partial charge in [0.05, 0.1) is 37.8 Å². The third kappa shape index (κ3) is 2.89. The molecule has 4 heterocycles. The van der Waals surface area contributed by atoms with E-state index in [9.17, 15) is 4.79 Å². The zero-order valence-electron chi connectivity index (χ0n) is 12.9. The Kier molecular flexibility index (Phi) is 3.88. The summed E-state index contributed by atoms with van der Waals surface area (Å²) in [4.78, 5) is 21.3. The minimum Gasteiger partial charge on any atom is -0.472 e. The number of carbonyl (C=O) groups is 1. The first-order valence-corrected chi connectivity index (χ1v) is 7.92. The molecule has 2 aliphatic heterocycles. The highest BCUT2D eigenvalue weighted by Gasteiger charge is 2.33. The van der Waals surface area contributed by atoms with Gasteiger partial charge in [0.2, 0.25) is 5.91 Å². The summed E-state index contributed by atoms with van der Waals surface area (Å²) < 4.78 is 12.5. The van der Waals surface area contributed by atoms with Gasteiger partial charge in [-0.05, 0) is 6.07 Å². The first kappa shape index (κ1) is 14.5. The number of ether oxygens (including phenoxy) is 1. The van der Waals surface area contributed by atoms with Gasteiger partial charge >= 0.3 is 0 Å². The van der Waals surface area contributed by atoms with Crippen molar-refractivity contribution in [3.8, 4) is 0 Å². The smallest absolute Gasteiger partial charge is 0.247 e. The number of nitrogens with zero attached hydrogens (tertiary/aromatic N) is 4. The average molecular weight is 316 g/mol. The zero-order valence-corrected chi connectivity index (χ0v) is 12.9. The first-order valence-electron chi connectivity index (χ1n) is 7.92. The summed E-state index contributed by atoms with van der Waals surface area (Å²) in [6, 6.07) is 1.75. The lowest BCUT2D eigenvalue weighted by Gasteiger charge is -2.37. The molecule has 1 amide bonds. The molecule has 0 aliphatic carbocycles. The van der Waals surface area contributed by atoms with Crippen molar-refractivity contribution in [3.05, 3.63) is 42.4 Å². The number of hydrogen-bond donors (Lipinski definition) is 0. The van der Waals surface area contributed by atoms with E-state index in [0.717, 1.165) is 24.3 Å². The molecule has 1 saturated heterocycles. The molecule has 23 heavy (non-hydrogen) atoms. The van der Waals surface area contributed by atoms with Crippen molar-refractivity contribution in [3.63, 3.8) is 0 Å². The highest BCUT2D eigenvalue weighted by Crippen LogP contribution is 2.24. The van der Waals surface area contributed by atoms with Crippen LogP contribution in [0.5, 0.6) is 0 Å². The summed E-state index contributed by atoms with van der Waals surface area (Å²) in [6.45, 7) is 4.82. The van der Waals surface area contributed by atoms with Crippen LogP contribution in [0.15, 0.2) is 35.5 Å². The van der Waals surface area contributed by atoms with E-state index < -0.39 is 0 Å². The molecule has 7 nitrogen and oxygen atoms in total. The number of rotatable bonds is 3. The Labute approximate surface area is 134 Å². The van der Waals surface area contributed by atoms with Crippen LogP contribution in [-0.2, 0) is 22.6 Å². The molecule has 122 valence electrons.